The number of fused-ring (bicyclic) bond motifs is 1. The molecule has 2 aromatic rings. The third-order valence-corrected chi connectivity index (χ3v) is 4.57. The van der Waals surface area contributed by atoms with Gasteiger partial charge in [0.25, 0.3) is 5.91 Å². The molecule has 1 fully saturated rings. The van der Waals surface area contributed by atoms with Crippen LogP contribution in [0.2, 0.25) is 0 Å². The fourth-order valence-corrected chi connectivity index (χ4v) is 3.23. The summed E-state index contributed by atoms with van der Waals surface area (Å²) in [6, 6.07) is 3.70. The van der Waals surface area contributed by atoms with Crippen molar-refractivity contribution < 1.29 is 9.59 Å². The summed E-state index contributed by atoms with van der Waals surface area (Å²) in [7, 11) is 1.74. The maximum Gasteiger partial charge on any atom is 0.266 e. The van der Waals surface area contributed by atoms with E-state index >= 15 is 0 Å². The zero-order valence-corrected chi connectivity index (χ0v) is 11.8. The number of hydrogen-bond donors (Lipinski definition) is 1. The Hall–Kier alpha value is -2.15. The summed E-state index contributed by atoms with van der Waals surface area (Å²) in [5.74, 6) is -0.241. The van der Waals surface area contributed by atoms with E-state index in [-0.39, 0.29) is 18.4 Å². The van der Waals surface area contributed by atoms with Crippen molar-refractivity contribution in [3.05, 3.63) is 23.2 Å². The normalized spacial score (nSPS) is 15.9. The molecule has 0 atom stereocenters. The number of likely N-dealkylation sites (N-methyl/N-ethyl adjacent to an activating group) is 1. The summed E-state index contributed by atoms with van der Waals surface area (Å²) in [5, 5.41) is 0. The van der Waals surface area contributed by atoms with E-state index in [2.05, 4.69) is 4.98 Å². The second kappa shape index (κ2) is 4.75. The number of carbonyl (C=O) groups excluding carboxylic acids is 2. The summed E-state index contributed by atoms with van der Waals surface area (Å²) in [5.41, 5.74) is 7.07. The molecule has 0 aromatic carbocycles. The topological polar surface area (TPSA) is 79.5 Å². The number of hydrogen-bond acceptors (Lipinski definition) is 5. The minimum absolute atomic E-state index is 0.0533. The Morgan fingerprint density at radius 2 is 2.25 bits per heavy atom. The van der Waals surface area contributed by atoms with Crippen molar-refractivity contribution in [2.45, 2.75) is 0 Å². The van der Waals surface area contributed by atoms with Gasteiger partial charge in [-0.2, -0.15) is 0 Å². The Morgan fingerprint density at radius 3 is 2.95 bits per heavy atom. The predicted octanol–water partition coefficient (Wildman–Crippen LogP) is 0.793. The van der Waals surface area contributed by atoms with Crippen LogP contribution in [0.1, 0.15) is 9.67 Å². The number of nitrogens with zero attached hydrogens (tertiary/aromatic N) is 3. The largest absolute Gasteiger partial charge is 0.396 e. The molecule has 2 aromatic heterocycles. The first kappa shape index (κ1) is 12.9. The van der Waals surface area contributed by atoms with Crippen LogP contribution < -0.4 is 5.73 Å². The summed E-state index contributed by atoms with van der Waals surface area (Å²) in [6.07, 6.45) is 1.65. The molecular weight excluding hydrogens is 276 g/mol. The highest BCUT2D eigenvalue weighted by Crippen LogP contribution is 2.32. The van der Waals surface area contributed by atoms with Crippen LogP contribution in [0.15, 0.2) is 18.3 Å². The van der Waals surface area contributed by atoms with Crippen LogP contribution in [0.3, 0.4) is 0 Å². The number of nitrogen functional groups attached to an aromatic ring is 1. The first-order chi connectivity index (χ1) is 9.58. The molecule has 0 aliphatic carbocycles. The molecule has 2 N–H and O–H groups in total. The van der Waals surface area contributed by atoms with Gasteiger partial charge in [0.15, 0.2) is 0 Å². The Labute approximate surface area is 119 Å². The summed E-state index contributed by atoms with van der Waals surface area (Å²) >= 11 is 1.32. The first-order valence-corrected chi connectivity index (χ1v) is 7.06. The molecule has 1 aliphatic rings. The van der Waals surface area contributed by atoms with Gasteiger partial charge in [-0.1, -0.05) is 0 Å². The molecule has 3 heterocycles. The molecule has 104 valence electrons. The maximum atomic E-state index is 12.5. The molecule has 20 heavy (non-hydrogen) atoms. The van der Waals surface area contributed by atoms with Crippen molar-refractivity contribution in [3.8, 4) is 0 Å². The molecule has 7 heteroatoms. The number of piperazine rings is 1. The van der Waals surface area contributed by atoms with E-state index in [9.17, 15) is 9.59 Å². The SMILES string of the molecule is CN1CCN(C(=O)c2sc3cccnc3c2N)CC1=O. The van der Waals surface area contributed by atoms with Crippen molar-refractivity contribution in [1.29, 1.82) is 0 Å². The molecule has 6 nitrogen and oxygen atoms in total. The number of carbonyl (C=O) groups is 2. The van der Waals surface area contributed by atoms with Gasteiger partial charge in [-0.15, -0.1) is 11.3 Å². The van der Waals surface area contributed by atoms with E-state index in [1.807, 2.05) is 12.1 Å². The number of thiophene rings is 1. The van der Waals surface area contributed by atoms with Crippen LogP contribution in [0, 0.1) is 0 Å². The lowest BCUT2D eigenvalue weighted by Crippen LogP contribution is -2.50. The minimum atomic E-state index is -0.188. The van der Waals surface area contributed by atoms with Crippen LogP contribution >= 0.6 is 11.3 Å². The lowest BCUT2D eigenvalue weighted by Gasteiger charge is -2.31. The number of pyridine rings is 1. The number of rotatable bonds is 1. The quantitative estimate of drug-likeness (QED) is 0.842. The van der Waals surface area contributed by atoms with Gasteiger partial charge in [0.2, 0.25) is 5.91 Å². The zero-order valence-electron chi connectivity index (χ0n) is 11.0. The van der Waals surface area contributed by atoms with E-state index < -0.39 is 0 Å². The molecule has 2 amide bonds. The standard InChI is InChI=1S/C13H14N4O2S/c1-16-5-6-17(7-9(16)18)13(19)12-10(14)11-8(20-12)3-2-4-15-11/h2-4H,5-7,14H2,1H3. The summed E-state index contributed by atoms with van der Waals surface area (Å²) in [6.45, 7) is 1.19. The second-order valence-electron chi connectivity index (χ2n) is 4.74. The Balaban J connectivity index is 1.93. The lowest BCUT2D eigenvalue weighted by molar-refractivity contribution is -0.133. The van der Waals surface area contributed by atoms with Crippen molar-refractivity contribution in [1.82, 2.24) is 14.8 Å². The molecule has 0 radical (unpaired) electrons. The van der Waals surface area contributed by atoms with Crippen LogP contribution in [0.5, 0.6) is 0 Å². The van der Waals surface area contributed by atoms with E-state index in [0.717, 1.165) is 4.70 Å². The molecule has 1 saturated heterocycles. The molecule has 0 bridgehead atoms. The number of amides is 2. The third-order valence-electron chi connectivity index (χ3n) is 3.42. The van der Waals surface area contributed by atoms with E-state index in [1.54, 1.807) is 23.0 Å². The average Bonchev–Trinajstić information content (AvgIpc) is 2.79. The van der Waals surface area contributed by atoms with Gasteiger partial charge in [0, 0.05) is 26.3 Å². The van der Waals surface area contributed by atoms with Crippen molar-refractivity contribution in [2.24, 2.45) is 0 Å². The van der Waals surface area contributed by atoms with Crippen molar-refractivity contribution in [2.75, 3.05) is 32.4 Å². The number of nitrogens with two attached hydrogens (primary N) is 1. The monoisotopic (exact) mass is 290 g/mol. The van der Waals surface area contributed by atoms with E-state index in [1.165, 1.54) is 11.3 Å². The van der Waals surface area contributed by atoms with Crippen molar-refractivity contribution in [3.63, 3.8) is 0 Å². The fourth-order valence-electron chi connectivity index (χ4n) is 2.18. The molecule has 3 rings (SSSR count). The summed E-state index contributed by atoms with van der Waals surface area (Å²) in [4.78, 5) is 32.0. The number of aromatic nitrogens is 1. The van der Waals surface area contributed by atoms with Gasteiger partial charge in [0.1, 0.15) is 16.9 Å². The predicted molar refractivity (Wildman–Crippen MR) is 77.6 cm³/mol. The van der Waals surface area contributed by atoms with Crippen LogP contribution in [0.4, 0.5) is 5.69 Å². The Kier molecular flexibility index (Phi) is 3.06. The van der Waals surface area contributed by atoms with Gasteiger partial charge in [-0.05, 0) is 12.1 Å². The van der Waals surface area contributed by atoms with Gasteiger partial charge < -0.3 is 15.5 Å². The molecule has 1 aliphatic heterocycles. The second-order valence-corrected chi connectivity index (χ2v) is 5.79. The van der Waals surface area contributed by atoms with E-state index in [0.29, 0.717) is 29.2 Å². The Morgan fingerprint density at radius 1 is 1.45 bits per heavy atom. The van der Waals surface area contributed by atoms with Crippen LogP contribution in [-0.4, -0.2) is 53.3 Å². The highest BCUT2D eigenvalue weighted by atomic mass is 32.1. The van der Waals surface area contributed by atoms with Crippen LogP contribution in [-0.2, 0) is 4.79 Å². The van der Waals surface area contributed by atoms with Gasteiger partial charge in [0.05, 0.1) is 10.4 Å². The van der Waals surface area contributed by atoms with E-state index in [4.69, 9.17) is 5.73 Å². The molecule has 0 saturated carbocycles. The molecular formula is C13H14N4O2S. The van der Waals surface area contributed by atoms with Crippen molar-refractivity contribution >= 4 is 39.1 Å². The highest BCUT2D eigenvalue weighted by Gasteiger charge is 2.28. The summed E-state index contributed by atoms with van der Waals surface area (Å²) < 4.78 is 0.883. The average molecular weight is 290 g/mol. The third kappa shape index (κ3) is 2.00. The number of anilines is 1. The highest BCUT2D eigenvalue weighted by molar-refractivity contribution is 7.21. The Bertz CT molecular complexity index is 697. The lowest BCUT2D eigenvalue weighted by atomic mass is 10.2. The molecule has 0 spiro atoms. The van der Waals surface area contributed by atoms with Gasteiger partial charge in [-0.3, -0.25) is 14.6 Å². The zero-order chi connectivity index (χ0) is 14.3. The smallest absolute Gasteiger partial charge is 0.266 e. The molecule has 0 unspecified atom stereocenters. The fraction of sp³-hybridized carbons (Fsp3) is 0.308. The van der Waals surface area contributed by atoms with Gasteiger partial charge >= 0.3 is 0 Å². The first-order valence-electron chi connectivity index (χ1n) is 6.24. The van der Waals surface area contributed by atoms with Gasteiger partial charge in [-0.25, -0.2) is 0 Å². The van der Waals surface area contributed by atoms with Crippen LogP contribution in [0.25, 0.3) is 10.2 Å². The minimum Gasteiger partial charge on any atom is -0.396 e. The maximum absolute atomic E-state index is 12.5.